The van der Waals surface area contributed by atoms with Crippen molar-refractivity contribution in [2.75, 3.05) is 12.4 Å². The number of ether oxygens (including phenoxy) is 1. The Morgan fingerprint density at radius 1 is 1.19 bits per heavy atom. The van der Waals surface area contributed by atoms with Crippen molar-refractivity contribution < 1.29 is 9.53 Å². The minimum Gasteiger partial charge on any atom is -0.497 e. The summed E-state index contributed by atoms with van der Waals surface area (Å²) in [6.45, 7) is 1.92. The maximum absolute atomic E-state index is 12.2. The van der Waals surface area contributed by atoms with Gasteiger partial charge in [0, 0.05) is 17.5 Å². The van der Waals surface area contributed by atoms with Gasteiger partial charge in [0.25, 0.3) is 0 Å². The van der Waals surface area contributed by atoms with Gasteiger partial charge in [-0.3, -0.25) is 4.79 Å². The van der Waals surface area contributed by atoms with Gasteiger partial charge >= 0.3 is 0 Å². The molecule has 0 aliphatic heterocycles. The van der Waals surface area contributed by atoms with Crippen molar-refractivity contribution in [3.63, 3.8) is 0 Å². The van der Waals surface area contributed by atoms with Gasteiger partial charge < -0.3 is 10.1 Å². The molecular weight excluding hydrogens is 282 g/mol. The molecule has 0 fully saturated rings. The third kappa shape index (κ3) is 4.83. The lowest BCUT2D eigenvalue weighted by atomic mass is 10.2. The highest BCUT2D eigenvalue weighted by Gasteiger charge is 2.13. The van der Waals surface area contributed by atoms with Crippen LogP contribution in [0.2, 0.25) is 0 Å². The molecule has 110 valence electrons. The Labute approximate surface area is 129 Å². The molecule has 3 nitrogen and oxygen atoms in total. The fraction of sp³-hybridized carbons (Fsp3) is 0.235. The van der Waals surface area contributed by atoms with Crippen LogP contribution in [0.4, 0.5) is 5.69 Å². The van der Waals surface area contributed by atoms with E-state index in [0.29, 0.717) is 0 Å². The Kier molecular flexibility index (Phi) is 5.69. The third-order valence-corrected chi connectivity index (χ3v) is 4.26. The number of hydrogen-bond donors (Lipinski definition) is 1. The van der Waals surface area contributed by atoms with E-state index >= 15 is 0 Å². The molecule has 2 aromatic carbocycles. The summed E-state index contributed by atoms with van der Waals surface area (Å²) >= 11 is 1.62. The number of hydrogen-bond acceptors (Lipinski definition) is 3. The van der Waals surface area contributed by atoms with Crippen LogP contribution in [0.15, 0.2) is 54.6 Å². The minimum absolute atomic E-state index is 0.00387. The fourth-order valence-electron chi connectivity index (χ4n) is 1.82. The van der Waals surface area contributed by atoms with E-state index in [-0.39, 0.29) is 11.2 Å². The molecule has 1 atom stereocenters. The van der Waals surface area contributed by atoms with Crippen LogP contribution < -0.4 is 10.1 Å². The van der Waals surface area contributed by atoms with Gasteiger partial charge in [0.05, 0.1) is 12.4 Å². The highest BCUT2D eigenvalue weighted by Crippen LogP contribution is 2.21. The van der Waals surface area contributed by atoms with Crippen LogP contribution in [0.5, 0.6) is 5.75 Å². The van der Waals surface area contributed by atoms with Crippen molar-refractivity contribution in [3.05, 3.63) is 60.2 Å². The third-order valence-electron chi connectivity index (χ3n) is 3.05. The van der Waals surface area contributed by atoms with Crippen LogP contribution in [0.3, 0.4) is 0 Å². The first-order chi connectivity index (χ1) is 10.2. The van der Waals surface area contributed by atoms with Crippen molar-refractivity contribution in [3.8, 4) is 5.75 Å². The lowest BCUT2D eigenvalue weighted by molar-refractivity contribution is -0.115. The molecular formula is C17H19NO2S. The lowest BCUT2D eigenvalue weighted by Crippen LogP contribution is -2.22. The normalized spacial score (nSPS) is 11.7. The van der Waals surface area contributed by atoms with E-state index in [1.807, 2.05) is 49.4 Å². The van der Waals surface area contributed by atoms with Gasteiger partial charge in [-0.25, -0.2) is 0 Å². The van der Waals surface area contributed by atoms with Gasteiger partial charge in [-0.05, 0) is 24.6 Å². The van der Waals surface area contributed by atoms with Crippen molar-refractivity contribution in [1.29, 1.82) is 0 Å². The minimum atomic E-state index is -0.114. The Morgan fingerprint density at radius 3 is 2.67 bits per heavy atom. The number of amides is 1. The van der Waals surface area contributed by atoms with Gasteiger partial charge in [-0.15, -0.1) is 11.8 Å². The van der Waals surface area contributed by atoms with Gasteiger partial charge in [0.15, 0.2) is 0 Å². The summed E-state index contributed by atoms with van der Waals surface area (Å²) in [5.74, 6) is 1.56. The first kappa shape index (κ1) is 15.4. The zero-order chi connectivity index (χ0) is 15.1. The molecule has 0 saturated heterocycles. The van der Waals surface area contributed by atoms with Crippen molar-refractivity contribution in [2.45, 2.75) is 17.9 Å². The largest absolute Gasteiger partial charge is 0.497 e. The number of anilines is 1. The van der Waals surface area contributed by atoms with Gasteiger partial charge in [-0.2, -0.15) is 0 Å². The Balaban J connectivity index is 1.87. The number of carbonyl (C=O) groups excluding carboxylic acids is 1. The number of carbonyl (C=O) groups is 1. The predicted octanol–water partition coefficient (Wildman–Crippen LogP) is 3.96. The van der Waals surface area contributed by atoms with Crippen LogP contribution in [0, 0.1) is 0 Å². The highest BCUT2D eigenvalue weighted by atomic mass is 32.2. The van der Waals surface area contributed by atoms with E-state index in [2.05, 4.69) is 17.4 Å². The van der Waals surface area contributed by atoms with E-state index in [1.165, 1.54) is 5.56 Å². The molecule has 2 aromatic rings. The fourth-order valence-corrected chi connectivity index (χ4v) is 2.66. The van der Waals surface area contributed by atoms with Crippen LogP contribution in [-0.2, 0) is 10.5 Å². The average molecular weight is 301 g/mol. The smallest absolute Gasteiger partial charge is 0.237 e. The van der Waals surface area contributed by atoms with Crippen LogP contribution in [0.1, 0.15) is 12.5 Å². The van der Waals surface area contributed by atoms with E-state index in [1.54, 1.807) is 18.9 Å². The Hall–Kier alpha value is -1.94. The van der Waals surface area contributed by atoms with Gasteiger partial charge in [-0.1, -0.05) is 36.4 Å². The van der Waals surface area contributed by atoms with E-state index in [4.69, 9.17) is 4.74 Å². The molecule has 21 heavy (non-hydrogen) atoms. The molecule has 1 amide bonds. The maximum Gasteiger partial charge on any atom is 0.237 e. The van der Waals surface area contributed by atoms with Crippen molar-refractivity contribution >= 4 is 23.4 Å². The number of thioether (sulfide) groups is 1. The molecule has 0 spiro atoms. The lowest BCUT2D eigenvalue weighted by Gasteiger charge is -2.12. The topological polar surface area (TPSA) is 38.3 Å². The summed E-state index contributed by atoms with van der Waals surface area (Å²) < 4.78 is 5.15. The molecule has 4 heteroatoms. The summed E-state index contributed by atoms with van der Waals surface area (Å²) in [6.07, 6.45) is 0. The summed E-state index contributed by atoms with van der Waals surface area (Å²) in [5, 5.41) is 2.80. The van der Waals surface area contributed by atoms with Crippen molar-refractivity contribution in [1.82, 2.24) is 0 Å². The predicted molar refractivity (Wildman–Crippen MR) is 88.8 cm³/mol. The highest BCUT2D eigenvalue weighted by molar-refractivity contribution is 7.99. The molecule has 1 unspecified atom stereocenters. The molecule has 1 N–H and O–H groups in total. The van der Waals surface area contributed by atoms with E-state index < -0.39 is 0 Å². The number of methoxy groups -OCH3 is 1. The number of nitrogens with one attached hydrogen (secondary N) is 1. The van der Waals surface area contributed by atoms with Gasteiger partial charge in [0.1, 0.15) is 5.75 Å². The van der Waals surface area contributed by atoms with Crippen LogP contribution in [-0.4, -0.2) is 18.3 Å². The summed E-state index contributed by atoms with van der Waals surface area (Å²) in [4.78, 5) is 12.2. The monoisotopic (exact) mass is 301 g/mol. The van der Waals surface area contributed by atoms with E-state index in [0.717, 1.165) is 17.2 Å². The second-order valence-electron chi connectivity index (χ2n) is 4.66. The quantitative estimate of drug-likeness (QED) is 0.878. The Morgan fingerprint density at radius 2 is 1.95 bits per heavy atom. The first-order valence-corrected chi connectivity index (χ1v) is 7.84. The van der Waals surface area contributed by atoms with Crippen LogP contribution >= 0.6 is 11.8 Å². The zero-order valence-corrected chi connectivity index (χ0v) is 13.0. The SMILES string of the molecule is COc1cccc(NC(=O)C(C)SCc2ccccc2)c1. The van der Waals surface area contributed by atoms with Crippen molar-refractivity contribution in [2.24, 2.45) is 0 Å². The molecule has 0 bridgehead atoms. The molecule has 2 rings (SSSR count). The molecule has 0 saturated carbocycles. The maximum atomic E-state index is 12.2. The number of rotatable bonds is 6. The molecule has 0 heterocycles. The van der Waals surface area contributed by atoms with E-state index in [9.17, 15) is 4.79 Å². The molecule has 0 aliphatic carbocycles. The van der Waals surface area contributed by atoms with Gasteiger partial charge in [0.2, 0.25) is 5.91 Å². The summed E-state index contributed by atoms with van der Waals surface area (Å²) in [7, 11) is 1.61. The Bertz CT molecular complexity index is 586. The number of benzene rings is 2. The standard InChI is InChI=1S/C17H19NO2S/c1-13(21-12-14-7-4-3-5-8-14)17(19)18-15-9-6-10-16(11-15)20-2/h3-11,13H,12H2,1-2H3,(H,18,19). The molecule has 0 radical (unpaired) electrons. The van der Waals surface area contributed by atoms with Crippen LogP contribution in [0.25, 0.3) is 0 Å². The molecule has 0 aromatic heterocycles. The molecule has 0 aliphatic rings. The zero-order valence-electron chi connectivity index (χ0n) is 12.2. The summed E-state index contributed by atoms with van der Waals surface area (Å²) in [6, 6.07) is 17.5. The second kappa shape index (κ2) is 7.74. The second-order valence-corrected chi connectivity index (χ2v) is 5.99. The summed E-state index contributed by atoms with van der Waals surface area (Å²) in [5.41, 5.74) is 1.98. The first-order valence-electron chi connectivity index (χ1n) is 6.79. The average Bonchev–Trinajstić information content (AvgIpc) is 2.53.